The van der Waals surface area contributed by atoms with Crippen LogP contribution in [0.5, 0.6) is 0 Å². The molecule has 2 amide bonds. The molecule has 1 aromatic heterocycles. The minimum atomic E-state index is -0.586. The normalized spacial score (nSPS) is 12.9. The van der Waals surface area contributed by atoms with E-state index in [4.69, 9.17) is 0 Å². The molecule has 0 fully saturated rings. The van der Waals surface area contributed by atoms with Gasteiger partial charge in [-0.15, -0.1) is 0 Å². The fraction of sp³-hybridized carbons (Fsp3) is 0.412. The average molecular weight is 301 g/mol. The minimum absolute atomic E-state index is 0.225. The Morgan fingerprint density at radius 1 is 1.23 bits per heavy atom. The Morgan fingerprint density at radius 3 is 2.68 bits per heavy atom. The summed E-state index contributed by atoms with van der Waals surface area (Å²) < 4.78 is 0. The maximum Gasteiger partial charge on any atom is 0.315 e. The number of benzene rings is 1. The molecule has 0 radical (unpaired) electrons. The van der Waals surface area contributed by atoms with Crippen LogP contribution in [0.25, 0.3) is 10.9 Å². The van der Waals surface area contributed by atoms with Crippen molar-refractivity contribution in [1.82, 2.24) is 15.6 Å². The lowest BCUT2D eigenvalue weighted by atomic mass is 9.89. The fourth-order valence-electron chi connectivity index (χ4n) is 2.04. The highest BCUT2D eigenvalue weighted by atomic mass is 16.3. The third-order valence-electron chi connectivity index (χ3n) is 3.61. The zero-order valence-electron chi connectivity index (χ0n) is 13.3. The van der Waals surface area contributed by atoms with Gasteiger partial charge in [-0.2, -0.15) is 0 Å². The summed E-state index contributed by atoms with van der Waals surface area (Å²) in [5.74, 6) is 0. The van der Waals surface area contributed by atoms with E-state index in [9.17, 15) is 9.90 Å². The lowest BCUT2D eigenvalue weighted by molar-refractivity contribution is 0.0650. The molecule has 0 spiro atoms. The molecule has 1 atom stereocenters. The minimum Gasteiger partial charge on any atom is -0.391 e. The number of carbonyl (C=O) groups is 1. The van der Waals surface area contributed by atoms with Crippen molar-refractivity contribution in [2.45, 2.75) is 33.4 Å². The molecular weight excluding hydrogens is 278 g/mol. The molecule has 5 heteroatoms. The first kappa shape index (κ1) is 16.2. The summed E-state index contributed by atoms with van der Waals surface area (Å²) in [7, 11) is 0. The molecule has 3 N–H and O–H groups in total. The average Bonchev–Trinajstić information content (AvgIpc) is 2.49. The zero-order chi connectivity index (χ0) is 16.2. The van der Waals surface area contributed by atoms with Gasteiger partial charge in [-0.1, -0.05) is 45.0 Å². The van der Waals surface area contributed by atoms with Gasteiger partial charge in [0.1, 0.15) is 0 Å². The fourth-order valence-corrected chi connectivity index (χ4v) is 2.04. The highest BCUT2D eigenvalue weighted by Crippen LogP contribution is 2.18. The summed E-state index contributed by atoms with van der Waals surface area (Å²) in [5, 5.41) is 16.4. The Morgan fingerprint density at radius 2 is 1.95 bits per heavy atom. The number of carbonyl (C=O) groups excluding carboxylic acids is 1. The second-order valence-corrected chi connectivity index (χ2v) is 6.44. The molecule has 0 saturated carbocycles. The van der Waals surface area contributed by atoms with E-state index in [1.165, 1.54) is 0 Å². The standard InChI is InChI=1S/C17H23N3O2/c1-17(2,3)14(21)11-20-16(22)19-10-13-7-4-6-12-8-5-9-18-15(12)13/h4-9,14,21H,10-11H2,1-3H3,(H2,19,20,22). The SMILES string of the molecule is CC(C)(C)C(O)CNC(=O)NCc1cccc2cccnc12. The molecule has 22 heavy (non-hydrogen) atoms. The third-order valence-corrected chi connectivity index (χ3v) is 3.61. The highest BCUT2D eigenvalue weighted by Gasteiger charge is 2.22. The van der Waals surface area contributed by atoms with Crippen LogP contribution in [0, 0.1) is 5.41 Å². The number of pyridine rings is 1. The highest BCUT2D eigenvalue weighted by molar-refractivity contribution is 5.82. The van der Waals surface area contributed by atoms with Crippen LogP contribution in [0.1, 0.15) is 26.3 Å². The first-order valence-electron chi connectivity index (χ1n) is 7.40. The van der Waals surface area contributed by atoms with Crippen molar-refractivity contribution in [3.63, 3.8) is 0 Å². The van der Waals surface area contributed by atoms with Gasteiger partial charge in [-0.25, -0.2) is 4.79 Å². The Bertz CT molecular complexity index is 644. The molecule has 118 valence electrons. The molecule has 0 bridgehead atoms. The van der Waals surface area contributed by atoms with Crippen LogP contribution in [0.4, 0.5) is 4.79 Å². The Hall–Kier alpha value is -2.14. The van der Waals surface area contributed by atoms with Gasteiger partial charge in [-0.05, 0) is 17.0 Å². The molecule has 1 heterocycles. The second kappa shape index (κ2) is 6.75. The third kappa shape index (κ3) is 4.18. The molecule has 1 aromatic carbocycles. The van der Waals surface area contributed by atoms with Crippen molar-refractivity contribution in [3.8, 4) is 0 Å². The maximum atomic E-state index is 11.8. The van der Waals surface area contributed by atoms with Crippen molar-refractivity contribution in [3.05, 3.63) is 42.1 Å². The number of nitrogens with one attached hydrogen (secondary N) is 2. The second-order valence-electron chi connectivity index (χ2n) is 6.44. The van der Waals surface area contributed by atoms with E-state index in [2.05, 4.69) is 15.6 Å². The van der Waals surface area contributed by atoms with Gasteiger partial charge in [0.2, 0.25) is 0 Å². The number of amides is 2. The lowest BCUT2D eigenvalue weighted by Gasteiger charge is -2.25. The maximum absolute atomic E-state index is 11.8. The van der Waals surface area contributed by atoms with Gasteiger partial charge < -0.3 is 15.7 Å². The van der Waals surface area contributed by atoms with Crippen molar-refractivity contribution >= 4 is 16.9 Å². The summed E-state index contributed by atoms with van der Waals surface area (Å²) in [5.41, 5.74) is 1.59. The molecule has 0 aliphatic heterocycles. The van der Waals surface area contributed by atoms with Crippen molar-refractivity contribution < 1.29 is 9.90 Å². The number of urea groups is 1. The predicted octanol–water partition coefficient (Wildman–Crippen LogP) is 2.44. The molecule has 0 aliphatic rings. The topological polar surface area (TPSA) is 74.2 Å². The van der Waals surface area contributed by atoms with E-state index in [-0.39, 0.29) is 18.0 Å². The molecule has 0 aliphatic carbocycles. The van der Waals surface area contributed by atoms with Gasteiger partial charge in [0, 0.05) is 24.7 Å². The van der Waals surface area contributed by atoms with Gasteiger partial charge in [0.25, 0.3) is 0 Å². The monoisotopic (exact) mass is 301 g/mol. The number of fused-ring (bicyclic) bond motifs is 1. The molecule has 1 unspecified atom stereocenters. The lowest BCUT2D eigenvalue weighted by Crippen LogP contribution is -2.43. The largest absolute Gasteiger partial charge is 0.391 e. The number of aliphatic hydroxyl groups is 1. The smallest absolute Gasteiger partial charge is 0.315 e. The van der Waals surface area contributed by atoms with Crippen molar-refractivity contribution in [1.29, 1.82) is 0 Å². The van der Waals surface area contributed by atoms with Crippen LogP contribution >= 0.6 is 0 Å². The van der Waals surface area contributed by atoms with Crippen LogP contribution in [0.15, 0.2) is 36.5 Å². The van der Waals surface area contributed by atoms with E-state index in [1.54, 1.807) is 6.20 Å². The van der Waals surface area contributed by atoms with Crippen LogP contribution in [0.2, 0.25) is 0 Å². The number of para-hydroxylation sites is 1. The van der Waals surface area contributed by atoms with Gasteiger partial charge in [0.15, 0.2) is 0 Å². The zero-order valence-corrected chi connectivity index (χ0v) is 13.3. The van der Waals surface area contributed by atoms with E-state index in [0.29, 0.717) is 6.54 Å². The van der Waals surface area contributed by atoms with E-state index >= 15 is 0 Å². The summed E-state index contributed by atoms with van der Waals surface area (Å²) >= 11 is 0. The quantitative estimate of drug-likeness (QED) is 0.812. The summed E-state index contributed by atoms with van der Waals surface area (Å²) in [6, 6.07) is 9.47. The summed E-state index contributed by atoms with van der Waals surface area (Å²) in [6.45, 7) is 6.41. The molecule has 2 rings (SSSR count). The van der Waals surface area contributed by atoms with Crippen molar-refractivity contribution in [2.24, 2.45) is 5.41 Å². The van der Waals surface area contributed by atoms with E-state index < -0.39 is 6.10 Å². The molecule has 2 aromatic rings. The first-order valence-corrected chi connectivity index (χ1v) is 7.40. The van der Waals surface area contributed by atoms with Gasteiger partial charge in [0.05, 0.1) is 11.6 Å². The Labute approximate surface area is 130 Å². The molecule has 5 nitrogen and oxygen atoms in total. The van der Waals surface area contributed by atoms with E-state index in [1.807, 2.05) is 51.1 Å². The summed E-state index contributed by atoms with van der Waals surface area (Å²) in [6.07, 6.45) is 1.16. The number of nitrogens with zero attached hydrogens (tertiary/aromatic N) is 1. The van der Waals surface area contributed by atoms with E-state index in [0.717, 1.165) is 16.5 Å². The van der Waals surface area contributed by atoms with Crippen LogP contribution in [0.3, 0.4) is 0 Å². The Balaban J connectivity index is 1.91. The molecule has 0 saturated heterocycles. The van der Waals surface area contributed by atoms with Crippen LogP contribution in [-0.4, -0.2) is 28.8 Å². The number of rotatable bonds is 4. The number of hydrogen-bond donors (Lipinski definition) is 3. The summed E-state index contributed by atoms with van der Waals surface area (Å²) in [4.78, 5) is 16.2. The van der Waals surface area contributed by atoms with Gasteiger partial charge in [-0.3, -0.25) is 4.98 Å². The predicted molar refractivity (Wildman–Crippen MR) is 87.4 cm³/mol. The number of aliphatic hydroxyl groups excluding tert-OH is 1. The number of aromatic nitrogens is 1. The first-order chi connectivity index (χ1) is 10.4. The van der Waals surface area contributed by atoms with Crippen LogP contribution in [-0.2, 0) is 6.54 Å². The van der Waals surface area contributed by atoms with Crippen molar-refractivity contribution in [2.75, 3.05) is 6.54 Å². The number of hydrogen-bond acceptors (Lipinski definition) is 3. The van der Waals surface area contributed by atoms with Gasteiger partial charge >= 0.3 is 6.03 Å². The Kier molecular flexibility index (Phi) is 4.98. The van der Waals surface area contributed by atoms with Crippen LogP contribution < -0.4 is 10.6 Å². The molecular formula is C17H23N3O2.